The number of amides is 2. The number of rotatable bonds is 5. The number of anilines is 1. The van der Waals surface area contributed by atoms with E-state index in [-0.39, 0.29) is 17.3 Å². The van der Waals surface area contributed by atoms with Crippen LogP contribution in [-0.4, -0.2) is 57.1 Å². The molecule has 34 heavy (non-hydrogen) atoms. The molecule has 2 aromatic rings. The molecule has 0 atom stereocenters. The minimum atomic E-state index is -4.62. The molecule has 9 nitrogen and oxygen atoms in total. The second kappa shape index (κ2) is 9.82. The minimum absolute atomic E-state index is 0.00275. The van der Waals surface area contributed by atoms with Crippen molar-refractivity contribution in [3.05, 3.63) is 36.4 Å². The van der Waals surface area contributed by atoms with Gasteiger partial charge in [0, 0.05) is 18.5 Å². The summed E-state index contributed by atoms with van der Waals surface area (Å²) < 4.78 is 45.7. The number of esters is 1. The topological polar surface area (TPSA) is 106 Å². The summed E-state index contributed by atoms with van der Waals surface area (Å²) in [6.45, 7) is 5.64. The molecule has 1 aromatic heterocycles. The van der Waals surface area contributed by atoms with E-state index >= 15 is 0 Å². The Labute approximate surface area is 194 Å². The maximum Gasteiger partial charge on any atom is 0.416 e. The van der Waals surface area contributed by atoms with Crippen LogP contribution in [0, 0.1) is 11.3 Å². The molecule has 0 unspecified atom stereocenters. The van der Waals surface area contributed by atoms with E-state index in [0.717, 1.165) is 18.2 Å². The SMILES string of the molecule is CC(C)(C)C(=O)N1CCC(C(=O)OCC(=O)Nc2cc(C(F)(F)F)ccc2-n2cncn2)CC1. The number of nitrogens with one attached hydrogen (secondary N) is 1. The van der Waals surface area contributed by atoms with Crippen LogP contribution in [0.1, 0.15) is 39.2 Å². The maximum atomic E-state index is 13.1. The van der Waals surface area contributed by atoms with Crippen molar-refractivity contribution in [3.63, 3.8) is 0 Å². The molecule has 0 radical (unpaired) electrons. The number of carbonyl (C=O) groups excluding carboxylic acids is 3. The van der Waals surface area contributed by atoms with E-state index in [1.54, 1.807) is 4.90 Å². The maximum absolute atomic E-state index is 13.1. The Kier molecular flexibility index (Phi) is 7.27. The van der Waals surface area contributed by atoms with E-state index in [0.29, 0.717) is 25.9 Å². The van der Waals surface area contributed by atoms with Gasteiger partial charge in [0.05, 0.1) is 22.9 Å². The summed E-state index contributed by atoms with van der Waals surface area (Å²) in [6, 6.07) is 2.80. The first-order chi connectivity index (χ1) is 15.9. The van der Waals surface area contributed by atoms with Gasteiger partial charge >= 0.3 is 12.1 Å². The molecule has 3 rings (SSSR count). The Bertz CT molecular complexity index is 1040. The fourth-order valence-corrected chi connectivity index (χ4v) is 3.58. The molecule has 2 heterocycles. The highest BCUT2D eigenvalue weighted by atomic mass is 19.4. The van der Waals surface area contributed by atoms with Gasteiger partial charge in [-0.3, -0.25) is 14.4 Å². The van der Waals surface area contributed by atoms with Crippen LogP contribution < -0.4 is 5.32 Å². The Morgan fingerprint density at radius 2 is 1.82 bits per heavy atom. The van der Waals surface area contributed by atoms with Gasteiger partial charge in [-0.25, -0.2) is 9.67 Å². The fourth-order valence-electron chi connectivity index (χ4n) is 3.58. The zero-order valence-corrected chi connectivity index (χ0v) is 19.1. The van der Waals surface area contributed by atoms with Gasteiger partial charge in [0.25, 0.3) is 5.91 Å². The molecule has 1 fully saturated rings. The first kappa shape index (κ1) is 25.2. The zero-order chi connectivity index (χ0) is 25.1. The van der Waals surface area contributed by atoms with Crippen LogP contribution in [0.15, 0.2) is 30.9 Å². The lowest BCUT2D eigenvalue weighted by Crippen LogP contribution is -2.45. The van der Waals surface area contributed by atoms with Crippen LogP contribution in [0.2, 0.25) is 0 Å². The molecule has 1 saturated heterocycles. The number of nitrogens with zero attached hydrogens (tertiary/aromatic N) is 4. The van der Waals surface area contributed by atoms with Crippen molar-refractivity contribution >= 4 is 23.5 Å². The van der Waals surface area contributed by atoms with Crippen molar-refractivity contribution in [2.45, 2.75) is 39.8 Å². The first-order valence-corrected chi connectivity index (χ1v) is 10.7. The zero-order valence-electron chi connectivity index (χ0n) is 19.1. The number of hydrogen-bond donors (Lipinski definition) is 1. The summed E-state index contributed by atoms with van der Waals surface area (Å²) in [5, 5.41) is 6.23. The van der Waals surface area contributed by atoms with Gasteiger partial charge in [-0.2, -0.15) is 18.3 Å². The predicted octanol–water partition coefficient (Wildman–Crippen LogP) is 3.05. The van der Waals surface area contributed by atoms with E-state index in [2.05, 4.69) is 15.4 Å². The number of halogens is 3. The van der Waals surface area contributed by atoms with Crippen LogP contribution in [0.4, 0.5) is 18.9 Å². The molecule has 184 valence electrons. The molecule has 0 aliphatic carbocycles. The summed E-state index contributed by atoms with van der Waals surface area (Å²) in [6.07, 6.45) is -1.32. The largest absolute Gasteiger partial charge is 0.455 e. The molecule has 1 N–H and O–H groups in total. The third-order valence-corrected chi connectivity index (χ3v) is 5.37. The standard InChI is InChI=1S/C22H26F3N5O4/c1-21(2,3)20(33)29-8-6-14(7-9-29)19(32)34-11-18(31)28-16-10-15(22(23,24)25)4-5-17(16)30-13-26-12-27-30/h4-5,10,12-14H,6-9,11H2,1-3H3,(H,28,31). The molecular weight excluding hydrogens is 455 g/mol. The highest BCUT2D eigenvalue weighted by Gasteiger charge is 2.34. The number of hydrogen-bond acceptors (Lipinski definition) is 6. The Hall–Kier alpha value is -3.44. The molecule has 12 heteroatoms. The van der Waals surface area contributed by atoms with Gasteiger partial charge < -0.3 is 15.0 Å². The molecule has 1 aromatic carbocycles. The quantitative estimate of drug-likeness (QED) is 0.658. The van der Waals surface area contributed by atoms with Crippen LogP contribution in [0.3, 0.4) is 0 Å². The highest BCUT2D eigenvalue weighted by Crippen LogP contribution is 2.33. The normalized spacial score (nSPS) is 15.2. The summed E-state index contributed by atoms with van der Waals surface area (Å²) in [5.74, 6) is -1.84. The first-order valence-electron chi connectivity index (χ1n) is 10.7. The monoisotopic (exact) mass is 481 g/mol. The average molecular weight is 481 g/mol. The minimum Gasteiger partial charge on any atom is -0.455 e. The number of aromatic nitrogens is 3. The van der Waals surface area contributed by atoms with Crippen LogP contribution in [0.25, 0.3) is 5.69 Å². The molecule has 0 saturated carbocycles. The molecule has 0 bridgehead atoms. The molecule has 1 aliphatic heterocycles. The molecule has 0 spiro atoms. The lowest BCUT2D eigenvalue weighted by atomic mass is 9.91. The Balaban J connectivity index is 1.59. The second-order valence-electron chi connectivity index (χ2n) is 9.04. The van der Waals surface area contributed by atoms with E-state index < -0.39 is 41.6 Å². The van der Waals surface area contributed by atoms with Gasteiger partial charge in [0.15, 0.2) is 6.61 Å². The van der Waals surface area contributed by atoms with Crippen LogP contribution in [0.5, 0.6) is 0 Å². The van der Waals surface area contributed by atoms with E-state index in [4.69, 9.17) is 4.74 Å². The summed E-state index contributed by atoms with van der Waals surface area (Å²) in [4.78, 5) is 42.6. The Morgan fingerprint density at radius 1 is 1.15 bits per heavy atom. The highest BCUT2D eigenvalue weighted by molar-refractivity contribution is 5.95. The van der Waals surface area contributed by atoms with Gasteiger partial charge in [-0.05, 0) is 31.0 Å². The lowest BCUT2D eigenvalue weighted by Gasteiger charge is -2.34. The van der Waals surface area contributed by atoms with Gasteiger partial charge in [-0.1, -0.05) is 20.8 Å². The number of benzene rings is 1. The molecular formula is C22H26F3N5O4. The van der Waals surface area contributed by atoms with Crippen LogP contribution >= 0.6 is 0 Å². The fraction of sp³-hybridized carbons (Fsp3) is 0.500. The van der Waals surface area contributed by atoms with Gasteiger partial charge in [0.2, 0.25) is 5.91 Å². The Morgan fingerprint density at radius 3 is 2.38 bits per heavy atom. The van der Waals surface area contributed by atoms with Crippen molar-refractivity contribution in [2.75, 3.05) is 25.0 Å². The van der Waals surface area contributed by atoms with Crippen molar-refractivity contribution in [1.82, 2.24) is 19.7 Å². The summed E-state index contributed by atoms with van der Waals surface area (Å²) in [7, 11) is 0. The van der Waals surface area contributed by atoms with Crippen molar-refractivity contribution in [3.8, 4) is 5.69 Å². The average Bonchev–Trinajstić information content (AvgIpc) is 3.30. The second-order valence-corrected chi connectivity index (χ2v) is 9.04. The van der Waals surface area contributed by atoms with Crippen LogP contribution in [-0.2, 0) is 25.3 Å². The third-order valence-electron chi connectivity index (χ3n) is 5.37. The number of likely N-dealkylation sites (tertiary alicyclic amines) is 1. The molecule has 1 aliphatic rings. The number of ether oxygens (including phenoxy) is 1. The van der Waals surface area contributed by atoms with Crippen molar-refractivity contribution in [1.29, 1.82) is 0 Å². The van der Waals surface area contributed by atoms with Crippen molar-refractivity contribution < 1.29 is 32.3 Å². The predicted molar refractivity (Wildman–Crippen MR) is 115 cm³/mol. The van der Waals surface area contributed by atoms with E-state index in [1.807, 2.05) is 20.8 Å². The summed E-state index contributed by atoms with van der Waals surface area (Å²) >= 11 is 0. The number of piperidine rings is 1. The van der Waals surface area contributed by atoms with Gasteiger partial charge in [-0.15, -0.1) is 0 Å². The number of alkyl halides is 3. The smallest absolute Gasteiger partial charge is 0.416 e. The van der Waals surface area contributed by atoms with Crippen molar-refractivity contribution in [2.24, 2.45) is 11.3 Å². The number of carbonyl (C=O) groups is 3. The van der Waals surface area contributed by atoms with E-state index in [9.17, 15) is 27.6 Å². The van der Waals surface area contributed by atoms with Gasteiger partial charge in [0.1, 0.15) is 12.7 Å². The molecule has 2 amide bonds. The summed E-state index contributed by atoms with van der Waals surface area (Å²) in [5.41, 5.74) is -1.46. The lowest BCUT2D eigenvalue weighted by molar-refractivity contribution is -0.155. The van der Waals surface area contributed by atoms with E-state index in [1.165, 1.54) is 17.3 Å². The third kappa shape index (κ3) is 6.12.